The van der Waals surface area contributed by atoms with Crippen LogP contribution in [0.15, 0.2) is 0 Å². The molecule has 0 N–H and O–H groups in total. The third kappa shape index (κ3) is 2.28. The van der Waals surface area contributed by atoms with Gasteiger partial charge in [-0.25, -0.2) is 4.79 Å². The zero-order chi connectivity index (χ0) is 8.97. The number of carbonyl (C=O) groups is 1. The van der Waals surface area contributed by atoms with E-state index >= 15 is 0 Å². The van der Waals surface area contributed by atoms with Crippen molar-refractivity contribution >= 4 is 17.9 Å². The van der Waals surface area contributed by atoms with E-state index in [1.807, 2.05) is 6.26 Å². The molecule has 12 heavy (non-hydrogen) atoms. The van der Waals surface area contributed by atoms with Crippen LogP contribution in [0.5, 0.6) is 0 Å². The van der Waals surface area contributed by atoms with Crippen LogP contribution in [0.25, 0.3) is 0 Å². The number of morpholine rings is 1. The lowest BCUT2D eigenvalue weighted by atomic mass is 10.4. The summed E-state index contributed by atoms with van der Waals surface area (Å²) in [5, 5.41) is 0. The van der Waals surface area contributed by atoms with E-state index in [0.29, 0.717) is 19.7 Å². The molecule has 1 saturated heterocycles. The van der Waals surface area contributed by atoms with Crippen LogP contribution in [-0.4, -0.2) is 49.5 Å². The second-order valence-electron chi connectivity index (χ2n) is 2.45. The standard InChI is InChI=1S/C7H13NO3S/c1-10-7(9)8-3-4-11-6(5-8)12-2/h6H,3-5H2,1-2H3. The summed E-state index contributed by atoms with van der Waals surface area (Å²) >= 11 is 1.61. The molecular weight excluding hydrogens is 178 g/mol. The van der Waals surface area contributed by atoms with Crippen molar-refractivity contribution < 1.29 is 14.3 Å². The Hall–Kier alpha value is -0.420. The Balaban J connectivity index is 2.40. The molecule has 1 aliphatic heterocycles. The van der Waals surface area contributed by atoms with E-state index in [1.165, 1.54) is 7.11 Å². The Morgan fingerprint density at radius 2 is 2.50 bits per heavy atom. The zero-order valence-corrected chi connectivity index (χ0v) is 8.10. The topological polar surface area (TPSA) is 38.8 Å². The van der Waals surface area contributed by atoms with Crippen molar-refractivity contribution in [2.75, 3.05) is 33.1 Å². The molecule has 1 rings (SSSR count). The van der Waals surface area contributed by atoms with Crippen molar-refractivity contribution in [2.45, 2.75) is 5.44 Å². The van der Waals surface area contributed by atoms with E-state index in [9.17, 15) is 4.79 Å². The highest BCUT2D eigenvalue weighted by Gasteiger charge is 2.23. The van der Waals surface area contributed by atoms with Crippen molar-refractivity contribution in [1.82, 2.24) is 4.90 Å². The summed E-state index contributed by atoms with van der Waals surface area (Å²) in [5.41, 5.74) is 0.0952. The van der Waals surface area contributed by atoms with E-state index in [-0.39, 0.29) is 11.5 Å². The summed E-state index contributed by atoms with van der Waals surface area (Å²) in [5.74, 6) is 0. The summed E-state index contributed by atoms with van der Waals surface area (Å²) in [6, 6.07) is 0. The monoisotopic (exact) mass is 191 g/mol. The number of methoxy groups -OCH3 is 1. The number of ether oxygens (including phenoxy) is 2. The first-order chi connectivity index (χ1) is 5.77. The highest BCUT2D eigenvalue weighted by molar-refractivity contribution is 7.99. The van der Waals surface area contributed by atoms with Gasteiger partial charge in [0.05, 0.1) is 20.3 Å². The SMILES string of the molecule is COC(=O)N1CCOC(SC)C1. The lowest BCUT2D eigenvalue weighted by molar-refractivity contribution is 0.0174. The van der Waals surface area contributed by atoms with Crippen LogP contribution in [0, 0.1) is 0 Å². The maximum atomic E-state index is 11.1. The van der Waals surface area contributed by atoms with Gasteiger partial charge in [0.1, 0.15) is 5.44 Å². The van der Waals surface area contributed by atoms with Crippen molar-refractivity contribution in [3.05, 3.63) is 0 Å². The fourth-order valence-corrected chi connectivity index (χ4v) is 1.62. The van der Waals surface area contributed by atoms with Crippen LogP contribution >= 0.6 is 11.8 Å². The minimum Gasteiger partial charge on any atom is -0.453 e. The van der Waals surface area contributed by atoms with Gasteiger partial charge in [-0.1, -0.05) is 0 Å². The van der Waals surface area contributed by atoms with Gasteiger partial charge in [0, 0.05) is 6.54 Å². The molecular formula is C7H13NO3S. The average molecular weight is 191 g/mol. The molecule has 4 nitrogen and oxygen atoms in total. The van der Waals surface area contributed by atoms with Gasteiger partial charge in [0.2, 0.25) is 0 Å². The molecule has 1 heterocycles. The van der Waals surface area contributed by atoms with Crippen molar-refractivity contribution in [3.63, 3.8) is 0 Å². The Morgan fingerprint density at radius 3 is 3.08 bits per heavy atom. The van der Waals surface area contributed by atoms with Crippen LogP contribution in [-0.2, 0) is 9.47 Å². The molecule has 0 radical (unpaired) electrons. The molecule has 5 heteroatoms. The summed E-state index contributed by atoms with van der Waals surface area (Å²) in [6.07, 6.45) is 1.70. The molecule has 0 aromatic rings. The van der Waals surface area contributed by atoms with Crippen molar-refractivity contribution in [2.24, 2.45) is 0 Å². The van der Waals surface area contributed by atoms with Gasteiger partial charge in [0.25, 0.3) is 0 Å². The summed E-state index contributed by atoms with van der Waals surface area (Å²) in [7, 11) is 1.39. The molecule has 1 amide bonds. The summed E-state index contributed by atoms with van der Waals surface area (Å²) in [4.78, 5) is 12.7. The highest BCUT2D eigenvalue weighted by Crippen LogP contribution is 2.14. The molecule has 1 aliphatic rings. The van der Waals surface area contributed by atoms with Crippen LogP contribution in [0.2, 0.25) is 0 Å². The molecule has 0 bridgehead atoms. The molecule has 0 saturated carbocycles. The first kappa shape index (κ1) is 9.67. The fourth-order valence-electron chi connectivity index (χ4n) is 1.06. The molecule has 70 valence electrons. The van der Waals surface area contributed by atoms with Crippen molar-refractivity contribution in [3.8, 4) is 0 Å². The summed E-state index contributed by atoms with van der Waals surface area (Å²) < 4.78 is 9.97. The highest BCUT2D eigenvalue weighted by atomic mass is 32.2. The van der Waals surface area contributed by atoms with Gasteiger partial charge >= 0.3 is 6.09 Å². The van der Waals surface area contributed by atoms with E-state index in [2.05, 4.69) is 4.74 Å². The fraction of sp³-hybridized carbons (Fsp3) is 0.857. The number of amides is 1. The Bertz CT molecular complexity index is 165. The smallest absolute Gasteiger partial charge is 0.409 e. The Kier molecular flexibility index (Phi) is 3.68. The number of thioether (sulfide) groups is 1. The second kappa shape index (κ2) is 4.57. The van der Waals surface area contributed by atoms with E-state index in [1.54, 1.807) is 16.7 Å². The maximum absolute atomic E-state index is 11.1. The number of rotatable bonds is 1. The summed E-state index contributed by atoms with van der Waals surface area (Å²) in [6.45, 7) is 1.85. The average Bonchev–Trinajstić information content (AvgIpc) is 2.17. The first-order valence-electron chi connectivity index (χ1n) is 3.75. The van der Waals surface area contributed by atoms with E-state index < -0.39 is 0 Å². The number of hydrogen-bond acceptors (Lipinski definition) is 4. The van der Waals surface area contributed by atoms with E-state index in [0.717, 1.165) is 0 Å². The van der Waals surface area contributed by atoms with Gasteiger partial charge in [-0.15, -0.1) is 11.8 Å². The predicted octanol–water partition coefficient (Wildman–Crippen LogP) is 0.774. The zero-order valence-electron chi connectivity index (χ0n) is 7.28. The number of hydrogen-bond donors (Lipinski definition) is 0. The maximum Gasteiger partial charge on any atom is 0.409 e. The normalized spacial score (nSPS) is 23.8. The van der Waals surface area contributed by atoms with Crippen LogP contribution in [0.4, 0.5) is 4.79 Å². The van der Waals surface area contributed by atoms with Gasteiger partial charge in [0.15, 0.2) is 0 Å². The lowest BCUT2D eigenvalue weighted by Gasteiger charge is -2.30. The molecule has 1 unspecified atom stereocenters. The Morgan fingerprint density at radius 1 is 1.75 bits per heavy atom. The van der Waals surface area contributed by atoms with Crippen LogP contribution < -0.4 is 0 Å². The first-order valence-corrected chi connectivity index (χ1v) is 5.04. The van der Waals surface area contributed by atoms with Gasteiger partial charge in [-0.3, -0.25) is 0 Å². The van der Waals surface area contributed by atoms with Crippen LogP contribution in [0.3, 0.4) is 0 Å². The number of nitrogens with zero attached hydrogens (tertiary/aromatic N) is 1. The molecule has 0 aliphatic carbocycles. The minimum absolute atomic E-state index is 0.0952. The number of carbonyl (C=O) groups excluding carboxylic acids is 1. The van der Waals surface area contributed by atoms with Crippen molar-refractivity contribution in [1.29, 1.82) is 0 Å². The molecule has 1 fully saturated rings. The lowest BCUT2D eigenvalue weighted by Crippen LogP contribution is -2.44. The van der Waals surface area contributed by atoms with Gasteiger partial charge < -0.3 is 14.4 Å². The Labute approximate surface area is 76.2 Å². The molecule has 1 atom stereocenters. The third-order valence-corrected chi connectivity index (χ3v) is 2.54. The minimum atomic E-state index is -0.266. The molecule has 0 aromatic carbocycles. The van der Waals surface area contributed by atoms with Gasteiger partial charge in [-0.05, 0) is 6.26 Å². The third-order valence-electron chi connectivity index (χ3n) is 1.73. The van der Waals surface area contributed by atoms with Gasteiger partial charge in [-0.2, -0.15) is 0 Å². The molecule has 0 aromatic heterocycles. The van der Waals surface area contributed by atoms with E-state index in [4.69, 9.17) is 4.74 Å². The molecule has 0 spiro atoms. The quantitative estimate of drug-likeness (QED) is 0.614. The largest absolute Gasteiger partial charge is 0.453 e. The van der Waals surface area contributed by atoms with Crippen LogP contribution in [0.1, 0.15) is 0 Å². The predicted molar refractivity (Wildman–Crippen MR) is 47.2 cm³/mol. The second-order valence-corrected chi connectivity index (χ2v) is 3.45.